The van der Waals surface area contributed by atoms with Crippen molar-refractivity contribution in [3.05, 3.63) is 10.6 Å². The van der Waals surface area contributed by atoms with Crippen molar-refractivity contribution < 1.29 is 9.90 Å². The van der Waals surface area contributed by atoms with E-state index in [4.69, 9.17) is 0 Å². The van der Waals surface area contributed by atoms with E-state index in [9.17, 15) is 9.90 Å². The Morgan fingerprint density at radius 1 is 1.90 bits per heavy atom. The van der Waals surface area contributed by atoms with Crippen LogP contribution in [0.15, 0.2) is 10.6 Å². The van der Waals surface area contributed by atoms with Gasteiger partial charge in [-0.3, -0.25) is 4.79 Å². The fourth-order valence-electron chi connectivity index (χ4n) is 0.874. The van der Waals surface area contributed by atoms with Crippen LogP contribution < -0.4 is 0 Å². The molecule has 1 amide bonds. The summed E-state index contributed by atoms with van der Waals surface area (Å²) < 4.78 is 0.541. The molecule has 4 heteroatoms. The maximum Gasteiger partial charge on any atom is 0.249 e. The Morgan fingerprint density at radius 3 is 2.70 bits per heavy atom. The van der Waals surface area contributed by atoms with Crippen molar-refractivity contribution in [2.45, 2.75) is 13.2 Å². The van der Waals surface area contributed by atoms with Gasteiger partial charge in [-0.05, 0) is 6.92 Å². The van der Waals surface area contributed by atoms with Crippen molar-refractivity contribution in [2.24, 2.45) is 0 Å². The molecule has 1 atom stereocenters. The molecule has 10 heavy (non-hydrogen) atoms. The molecular formula is C6H8BrNO2. The number of hydrogen-bond acceptors (Lipinski definition) is 2. The number of rotatable bonds is 1. The summed E-state index contributed by atoms with van der Waals surface area (Å²) in [5.74, 6) is -0.137. The first-order valence-corrected chi connectivity index (χ1v) is 3.82. The van der Waals surface area contributed by atoms with Gasteiger partial charge in [0.2, 0.25) is 5.91 Å². The molecule has 0 spiro atoms. The van der Waals surface area contributed by atoms with Crippen LogP contribution in [0.2, 0.25) is 0 Å². The van der Waals surface area contributed by atoms with Gasteiger partial charge in [0.05, 0.1) is 0 Å². The Labute approximate surface area is 67.5 Å². The third-order valence-electron chi connectivity index (χ3n) is 1.43. The van der Waals surface area contributed by atoms with Crippen molar-refractivity contribution >= 4 is 21.8 Å². The van der Waals surface area contributed by atoms with E-state index in [1.807, 2.05) is 6.92 Å². The minimum atomic E-state index is -0.766. The second kappa shape index (κ2) is 2.72. The lowest BCUT2D eigenvalue weighted by atomic mass is 10.5. The Hall–Kier alpha value is -0.350. The maximum absolute atomic E-state index is 10.9. The van der Waals surface area contributed by atoms with Crippen molar-refractivity contribution in [3.8, 4) is 0 Å². The van der Waals surface area contributed by atoms with E-state index in [1.54, 1.807) is 0 Å². The molecule has 0 aromatic rings. The van der Waals surface area contributed by atoms with Crippen molar-refractivity contribution in [3.63, 3.8) is 0 Å². The standard InChI is InChI=1S/C6H8BrNO2/c1-2-8-5(9)3-4(7)6(8)10/h3,6,10H,2H2,1H3. The molecule has 0 aliphatic carbocycles. The van der Waals surface area contributed by atoms with Gasteiger partial charge in [0.25, 0.3) is 0 Å². The molecule has 1 aliphatic rings. The van der Waals surface area contributed by atoms with E-state index in [2.05, 4.69) is 15.9 Å². The van der Waals surface area contributed by atoms with Gasteiger partial charge in [-0.15, -0.1) is 0 Å². The highest BCUT2D eigenvalue weighted by atomic mass is 79.9. The van der Waals surface area contributed by atoms with Crippen LogP contribution in [0.25, 0.3) is 0 Å². The fraction of sp³-hybridized carbons (Fsp3) is 0.500. The summed E-state index contributed by atoms with van der Waals surface area (Å²) in [6.07, 6.45) is 0.617. The predicted molar refractivity (Wildman–Crippen MR) is 40.4 cm³/mol. The first-order valence-electron chi connectivity index (χ1n) is 3.02. The highest BCUT2D eigenvalue weighted by Gasteiger charge is 2.27. The second-order valence-corrected chi connectivity index (χ2v) is 2.94. The normalized spacial score (nSPS) is 25.5. The Bertz CT molecular complexity index is 190. The van der Waals surface area contributed by atoms with Gasteiger partial charge >= 0.3 is 0 Å². The molecule has 1 heterocycles. The topological polar surface area (TPSA) is 40.5 Å². The zero-order chi connectivity index (χ0) is 7.72. The molecule has 0 fully saturated rings. The number of carbonyl (C=O) groups excluding carboxylic acids is 1. The molecular weight excluding hydrogens is 198 g/mol. The number of nitrogens with zero attached hydrogens (tertiary/aromatic N) is 1. The zero-order valence-corrected chi connectivity index (χ0v) is 7.13. The molecule has 0 saturated carbocycles. The summed E-state index contributed by atoms with van der Waals surface area (Å²) in [6.45, 7) is 2.35. The smallest absolute Gasteiger partial charge is 0.249 e. The first kappa shape index (κ1) is 7.75. The first-order chi connectivity index (χ1) is 4.66. The number of halogens is 1. The molecule has 0 aromatic heterocycles. The van der Waals surface area contributed by atoms with E-state index in [-0.39, 0.29) is 5.91 Å². The molecule has 0 bridgehead atoms. The Kier molecular flexibility index (Phi) is 2.11. The van der Waals surface area contributed by atoms with E-state index < -0.39 is 6.23 Å². The third-order valence-corrected chi connectivity index (χ3v) is 2.07. The highest BCUT2D eigenvalue weighted by Crippen LogP contribution is 2.21. The van der Waals surface area contributed by atoms with Gasteiger partial charge in [0.15, 0.2) is 6.23 Å². The van der Waals surface area contributed by atoms with Crippen LogP contribution in [0.1, 0.15) is 6.92 Å². The molecule has 56 valence electrons. The number of likely N-dealkylation sites (N-methyl/N-ethyl adjacent to an activating group) is 1. The maximum atomic E-state index is 10.9. The molecule has 3 nitrogen and oxygen atoms in total. The van der Waals surface area contributed by atoms with Crippen LogP contribution in [0.3, 0.4) is 0 Å². The molecule has 0 radical (unpaired) electrons. The Morgan fingerprint density at radius 2 is 2.50 bits per heavy atom. The number of aliphatic hydroxyl groups is 1. The van der Waals surface area contributed by atoms with Crippen molar-refractivity contribution in [2.75, 3.05) is 6.54 Å². The van der Waals surface area contributed by atoms with Gasteiger partial charge in [0.1, 0.15) is 0 Å². The van der Waals surface area contributed by atoms with Gasteiger partial charge in [0, 0.05) is 17.1 Å². The summed E-state index contributed by atoms with van der Waals surface area (Å²) in [4.78, 5) is 12.3. The Balaban J connectivity index is 2.76. The van der Waals surface area contributed by atoms with Gasteiger partial charge in [-0.2, -0.15) is 0 Å². The number of aliphatic hydroxyl groups excluding tert-OH is 1. The molecule has 1 rings (SSSR count). The minimum absolute atomic E-state index is 0.137. The summed E-state index contributed by atoms with van der Waals surface area (Å²) in [6, 6.07) is 0. The molecule has 1 aliphatic heterocycles. The average molecular weight is 206 g/mol. The van der Waals surface area contributed by atoms with Gasteiger partial charge in [-0.25, -0.2) is 0 Å². The summed E-state index contributed by atoms with van der Waals surface area (Å²) >= 11 is 3.07. The zero-order valence-electron chi connectivity index (χ0n) is 5.54. The second-order valence-electron chi connectivity index (χ2n) is 2.03. The lowest BCUT2D eigenvalue weighted by Gasteiger charge is -2.18. The SMILES string of the molecule is CCN1C(=O)C=C(Br)C1O. The summed E-state index contributed by atoms with van der Waals surface area (Å²) in [7, 11) is 0. The van der Waals surface area contributed by atoms with Gasteiger partial charge in [-0.1, -0.05) is 15.9 Å². The van der Waals surface area contributed by atoms with E-state index in [1.165, 1.54) is 11.0 Å². The van der Waals surface area contributed by atoms with Crippen molar-refractivity contribution in [1.82, 2.24) is 4.90 Å². The largest absolute Gasteiger partial charge is 0.369 e. The lowest BCUT2D eigenvalue weighted by Crippen LogP contribution is -2.33. The van der Waals surface area contributed by atoms with Crippen LogP contribution in [0, 0.1) is 0 Å². The lowest BCUT2D eigenvalue weighted by molar-refractivity contribution is -0.130. The van der Waals surface area contributed by atoms with Crippen LogP contribution in [0.5, 0.6) is 0 Å². The quantitative estimate of drug-likeness (QED) is 0.676. The molecule has 0 aromatic carbocycles. The van der Waals surface area contributed by atoms with E-state index in [0.717, 1.165) is 0 Å². The van der Waals surface area contributed by atoms with Gasteiger partial charge < -0.3 is 10.0 Å². The monoisotopic (exact) mass is 205 g/mol. The van der Waals surface area contributed by atoms with Crippen LogP contribution in [-0.2, 0) is 4.79 Å². The third kappa shape index (κ3) is 1.09. The van der Waals surface area contributed by atoms with Crippen LogP contribution in [-0.4, -0.2) is 28.7 Å². The predicted octanol–water partition coefficient (Wildman–Crippen LogP) is 0.446. The number of carbonyl (C=O) groups is 1. The number of amides is 1. The molecule has 1 unspecified atom stereocenters. The molecule has 1 N–H and O–H groups in total. The van der Waals surface area contributed by atoms with Crippen molar-refractivity contribution in [1.29, 1.82) is 0 Å². The summed E-state index contributed by atoms with van der Waals surface area (Å²) in [5, 5.41) is 9.22. The minimum Gasteiger partial charge on any atom is -0.369 e. The number of hydrogen-bond donors (Lipinski definition) is 1. The van der Waals surface area contributed by atoms with E-state index >= 15 is 0 Å². The average Bonchev–Trinajstić information content (AvgIpc) is 2.09. The van der Waals surface area contributed by atoms with E-state index in [0.29, 0.717) is 11.0 Å². The summed E-state index contributed by atoms with van der Waals surface area (Å²) in [5.41, 5.74) is 0. The van der Waals surface area contributed by atoms with Crippen LogP contribution in [0.4, 0.5) is 0 Å². The van der Waals surface area contributed by atoms with Crippen LogP contribution >= 0.6 is 15.9 Å². The molecule has 0 saturated heterocycles. The fourth-order valence-corrected chi connectivity index (χ4v) is 1.32. The highest BCUT2D eigenvalue weighted by molar-refractivity contribution is 9.11.